The molecule has 0 aromatic rings. The van der Waals surface area contributed by atoms with Crippen molar-refractivity contribution >= 4 is 11.9 Å². The number of amides is 1. The van der Waals surface area contributed by atoms with Gasteiger partial charge in [0, 0.05) is 13.0 Å². The Morgan fingerprint density at radius 1 is 0.815 bits per heavy atom. The number of carboxylic acids is 1. The Morgan fingerprint density at radius 3 is 1.85 bits per heavy atom. The van der Waals surface area contributed by atoms with E-state index in [1.54, 1.807) is 0 Å². The lowest BCUT2D eigenvalue weighted by atomic mass is 10.1. The Kier molecular flexibility index (Phi) is 18.4. The highest BCUT2D eigenvalue weighted by molar-refractivity contribution is 5.81. The van der Waals surface area contributed by atoms with Crippen molar-refractivity contribution in [3.05, 3.63) is 12.2 Å². The molecule has 27 heavy (non-hydrogen) atoms. The molecule has 5 heteroatoms. The van der Waals surface area contributed by atoms with Gasteiger partial charge < -0.3 is 15.1 Å². The first-order valence-corrected chi connectivity index (χ1v) is 10.9. The van der Waals surface area contributed by atoms with Crippen LogP contribution in [0.25, 0.3) is 0 Å². The first kappa shape index (κ1) is 25.6. The first-order chi connectivity index (χ1) is 13.1. The highest BCUT2D eigenvalue weighted by atomic mass is 16.4. The van der Waals surface area contributed by atoms with E-state index in [-0.39, 0.29) is 25.6 Å². The maximum atomic E-state index is 11.9. The summed E-state index contributed by atoms with van der Waals surface area (Å²) in [7, 11) is 0. The third kappa shape index (κ3) is 17.8. The molecule has 0 saturated carbocycles. The van der Waals surface area contributed by atoms with Gasteiger partial charge in [0.1, 0.15) is 6.54 Å². The van der Waals surface area contributed by atoms with Crippen LogP contribution in [-0.4, -0.2) is 46.7 Å². The molecule has 0 saturated heterocycles. The molecule has 0 aliphatic rings. The topological polar surface area (TPSA) is 77.8 Å². The maximum Gasteiger partial charge on any atom is 0.323 e. The minimum Gasteiger partial charge on any atom is -0.480 e. The summed E-state index contributed by atoms with van der Waals surface area (Å²) in [5.41, 5.74) is 0. The Labute approximate surface area is 165 Å². The molecule has 0 aromatic carbocycles. The van der Waals surface area contributed by atoms with Crippen LogP contribution < -0.4 is 0 Å². The molecule has 0 rings (SSSR count). The third-order valence-electron chi connectivity index (χ3n) is 4.70. The van der Waals surface area contributed by atoms with Gasteiger partial charge in [-0.05, 0) is 32.1 Å². The zero-order chi connectivity index (χ0) is 20.2. The van der Waals surface area contributed by atoms with Crippen LogP contribution in [0.5, 0.6) is 0 Å². The van der Waals surface area contributed by atoms with Crippen molar-refractivity contribution in [2.75, 3.05) is 19.7 Å². The van der Waals surface area contributed by atoms with E-state index < -0.39 is 5.97 Å². The van der Waals surface area contributed by atoms with Crippen LogP contribution in [0, 0.1) is 0 Å². The molecule has 0 aliphatic carbocycles. The lowest BCUT2D eigenvalue weighted by Gasteiger charge is -2.19. The van der Waals surface area contributed by atoms with Gasteiger partial charge in [0.25, 0.3) is 0 Å². The molecule has 0 spiro atoms. The van der Waals surface area contributed by atoms with Gasteiger partial charge in [0.15, 0.2) is 0 Å². The van der Waals surface area contributed by atoms with Crippen molar-refractivity contribution in [1.29, 1.82) is 0 Å². The van der Waals surface area contributed by atoms with Crippen molar-refractivity contribution in [3.8, 4) is 0 Å². The molecule has 0 fully saturated rings. The van der Waals surface area contributed by atoms with Crippen molar-refractivity contribution in [1.82, 2.24) is 4.90 Å². The number of carboxylic acid groups (broad SMARTS) is 1. The molecule has 1 amide bonds. The zero-order valence-corrected chi connectivity index (χ0v) is 17.3. The molecule has 0 unspecified atom stereocenters. The van der Waals surface area contributed by atoms with Gasteiger partial charge in [0.2, 0.25) is 5.91 Å². The standard InChI is InChI=1S/C22H41NO4/c1-2-3-4-5-6-7-8-9-10-11-12-13-14-15-16-17-21(25)23(18-19-24)20-22(26)27/h9-10,24H,2-8,11-20H2,1H3,(H,26,27)/b10-9-. The molecule has 158 valence electrons. The van der Waals surface area contributed by atoms with Crippen molar-refractivity contribution < 1.29 is 19.8 Å². The average molecular weight is 384 g/mol. The van der Waals surface area contributed by atoms with Crippen LogP contribution in [0.4, 0.5) is 0 Å². The van der Waals surface area contributed by atoms with Crippen LogP contribution in [0.1, 0.15) is 96.8 Å². The number of rotatable bonds is 19. The Balaban J connectivity index is 3.49. The van der Waals surface area contributed by atoms with Crippen LogP contribution in [0.3, 0.4) is 0 Å². The Morgan fingerprint density at radius 2 is 1.33 bits per heavy atom. The van der Waals surface area contributed by atoms with E-state index in [1.807, 2.05) is 0 Å². The fraction of sp³-hybridized carbons (Fsp3) is 0.818. The van der Waals surface area contributed by atoms with E-state index in [9.17, 15) is 9.59 Å². The maximum absolute atomic E-state index is 11.9. The van der Waals surface area contributed by atoms with Gasteiger partial charge in [-0.15, -0.1) is 0 Å². The number of hydrogen-bond donors (Lipinski definition) is 2. The molecule has 0 aliphatic heterocycles. The summed E-state index contributed by atoms with van der Waals surface area (Å²) in [6.45, 7) is 1.81. The average Bonchev–Trinajstić information content (AvgIpc) is 2.64. The molecule has 0 heterocycles. The third-order valence-corrected chi connectivity index (χ3v) is 4.70. The summed E-state index contributed by atoms with van der Waals surface area (Å²) in [4.78, 5) is 23.9. The van der Waals surface area contributed by atoms with Gasteiger partial charge in [-0.2, -0.15) is 0 Å². The molecule has 0 aromatic heterocycles. The minimum absolute atomic E-state index is 0.0935. The summed E-state index contributed by atoms with van der Waals surface area (Å²) >= 11 is 0. The predicted octanol–water partition coefficient (Wildman–Crippen LogP) is 4.93. The number of allylic oxidation sites excluding steroid dienone is 2. The van der Waals surface area contributed by atoms with Crippen LogP contribution in [0.2, 0.25) is 0 Å². The van der Waals surface area contributed by atoms with Crippen LogP contribution in [0.15, 0.2) is 12.2 Å². The van der Waals surface area contributed by atoms with Gasteiger partial charge >= 0.3 is 5.97 Å². The number of unbranched alkanes of at least 4 members (excludes halogenated alkanes) is 11. The monoisotopic (exact) mass is 383 g/mol. The molecular formula is C22H41NO4. The van der Waals surface area contributed by atoms with E-state index in [0.717, 1.165) is 25.7 Å². The number of carbonyl (C=O) groups excluding carboxylic acids is 1. The summed E-state index contributed by atoms with van der Waals surface area (Å²) in [6.07, 6.45) is 20.7. The lowest BCUT2D eigenvalue weighted by Crippen LogP contribution is -2.37. The molecule has 0 radical (unpaired) electrons. The summed E-state index contributed by atoms with van der Waals surface area (Å²) < 4.78 is 0. The number of aliphatic hydroxyl groups is 1. The molecule has 0 bridgehead atoms. The lowest BCUT2D eigenvalue weighted by molar-refractivity contribution is -0.144. The molecule has 5 nitrogen and oxygen atoms in total. The van der Waals surface area contributed by atoms with E-state index in [0.29, 0.717) is 6.42 Å². The van der Waals surface area contributed by atoms with E-state index in [1.165, 1.54) is 62.7 Å². The van der Waals surface area contributed by atoms with Gasteiger partial charge in [-0.25, -0.2) is 0 Å². The van der Waals surface area contributed by atoms with E-state index in [4.69, 9.17) is 10.2 Å². The van der Waals surface area contributed by atoms with Crippen LogP contribution >= 0.6 is 0 Å². The first-order valence-electron chi connectivity index (χ1n) is 10.9. The number of nitrogens with zero attached hydrogens (tertiary/aromatic N) is 1. The number of hydrogen-bond acceptors (Lipinski definition) is 3. The number of carbonyl (C=O) groups is 2. The second-order valence-electron chi connectivity index (χ2n) is 7.27. The summed E-state index contributed by atoms with van der Waals surface area (Å²) in [6, 6.07) is 0. The fourth-order valence-corrected chi connectivity index (χ4v) is 3.08. The fourth-order valence-electron chi connectivity index (χ4n) is 3.08. The van der Waals surface area contributed by atoms with E-state index >= 15 is 0 Å². The van der Waals surface area contributed by atoms with Gasteiger partial charge in [0.05, 0.1) is 6.61 Å². The SMILES string of the molecule is CCCCCCCC/C=C\CCCCCCCC(=O)N(CCO)CC(=O)O. The summed E-state index contributed by atoms with van der Waals surface area (Å²) in [5, 5.41) is 17.7. The minimum atomic E-state index is -1.04. The Hall–Kier alpha value is -1.36. The van der Waals surface area contributed by atoms with E-state index in [2.05, 4.69) is 19.1 Å². The highest BCUT2D eigenvalue weighted by Gasteiger charge is 2.15. The predicted molar refractivity (Wildman–Crippen MR) is 111 cm³/mol. The van der Waals surface area contributed by atoms with Crippen molar-refractivity contribution in [2.45, 2.75) is 96.8 Å². The van der Waals surface area contributed by atoms with Crippen molar-refractivity contribution in [2.24, 2.45) is 0 Å². The van der Waals surface area contributed by atoms with Crippen LogP contribution in [-0.2, 0) is 9.59 Å². The zero-order valence-electron chi connectivity index (χ0n) is 17.3. The van der Waals surface area contributed by atoms with Crippen molar-refractivity contribution in [3.63, 3.8) is 0 Å². The molecular weight excluding hydrogens is 342 g/mol. The van der Waals surface area contributed by atoms with Gasteiger partial charge in [-0.3, -0.25) is 9.59 Å². The second-order valence-corrected chi connectivity index (χ2v) is 7.27. The molecule has 2 N–H and O–H groups in total. The second kappa shape index (κ2) is 19.4. The quantitative estimate of drug-likeness (QED) is 0.245. The Bertz CT molecular complexity index is 396. The smallest absolute Gasteiger partial charge is 0.323 e. The summed E-state index contributed by atoms with van der Waals surface area (Å²) in [5.74, 6) is -1.22. The number of aliphatic hydroxyl groups excluding tert-OH is 1. The normalized spacial score (nSPS) is 11.2. The largest absolute Gasteiger partial charge is 0.480 e. The number of aliphatic carboxylic acids is 1. The molecule has 0 atom stereocenters. The highest BCUT2D eigenvalue weighted by Crippen LogP contribution is 2.10. The van der Waals surface area contributed by atoms with Gasteiger partial charge in [-0.1, -0.05) is 70.4 Å².